The molecular formula is C44H55ClN2O13. The number of aromatic hydroxyl groups is 3. The lowest BCUT2D eigenvalue weighted by Crippen LogP contribution is -2.34. The lowest BCUT2D eigenvalue weighted by Gasteiger charge is -2.20. The van der Waals surface area contributed by atoms with Crippen LogP contribution in [0, 0.1) is 6.92 Å². The van der Waals surface area contributed by atoms with Crippen molar-refractivity contribution in [3.63, 3.8) is 0 Å². The Balaban J connectivity index is 0.000000321. The maximum absolute atomic E-state index is 12.7. The van der Waals surface area contributed by atoms with Gasteiger partial charge in [-0.1, -0.05) is 53.7 Å². The minimum absolute atomic E-state index is 0.00729. The van der Waals surface area contributed by atoms with Gasteiger partial charge in [0.05, 0.1) is 31.1 Å². The monoisotopic (exact) mass is 854 g/mol. The number of rotatable bonds is 7. The number of ether oxygens (including phenoxy) is 4. The first-order valence-electron chi connectivity index (χ1n) is 19.4. The van der Waals surface area contributed by atoms with Gasteiger partial charge in [-0.25, -0.2) is 14.4 Å². The molecule has 0 spiro atoms. The number of phenols is 3. The van der Waals surface area contributed by atoms with E-state index in [0.29, 0.717) is 37.2 Å². The number of nitrogens with zero attached hydrogens (tertiary/aromatic N) is 1. The number of cyclic esters (lactones) is 1. The highest BCUT2D eigenvalue weighted by molar-refractivity contribution is 6.33. The van der Waals surface area contributed by atoms with Crippen molar-refractivity contribution in [1.82, 2.24) is 5.48 Å². The van der Waals surface area contributed by atoms with E-state index in [4.69, 9.17) is 30.7 Å². The summed E-state index contributed by atoms with van der Waals surface area (Å²) >= 11 is 6.15. The molecule has 2 aliphatic heterocycles. The zero-order valence-electron chi connectivity index (χ0n) is 34.7. The number of carbonyl (C=O) groups is 4. The molecule has 2 aliphatic rings. The van der Waals surface area contributed by atoms with E-state index in [1.165, 1.54) is 14.2 Å². The first-order chi connectivity index (χ1) is 28.6. The zero-order chi connectivity index (χ0) is 44.2. The van der Waals surface area contributed by atoms with Crippen LogP contribution in [0.2, 0.25) is 5.02 Å². The Morgan fingerprint density at radius 3 is 2.22 bits per heavy atom. The molecule has 2 heterocycles. The van der Waals surface area contributed by atoms with Crippen molar-refractivity contribution in [3.05, 3.63) is 94.1 Å². The SMILES string of the molecule is C=C1OC(C)C/C=C/CC/C=C/C(=N\OCC(=O)OC)Cc2cc(O)cc(C)c21.COC(=O)CONC1CC/C=C/CC(C)OC(=O)c2c(O)cc(O)c(Cl)c2CC(=O)C1. The lowest BCUT2D eigenvalue weighted by atomic mass is 9.95. The molecule has 0 saturated carbocycles. The van der Waals surface area contributed by atoms with Crippen molar-refractivity contribution in [3.8, 4) is 17.2 Å². The van der Waals surface area contributed by atoms with Crippen LogP contribution in [-0.4, -0.2) is 90.4 Å². The van der Waals surface area contributed by atoms with Crippen molar-refractivity contribution < 1.29 is 63.1 Å². The fourth-order valence-electron chi connectivity index (χ4n) is 6.18. The Hall–Kier alpha value is -5.64. The summed E-state index contributed by atoms with van der Waals surface area (Å²) in [6, 6.07) is 3.87. The Morgan fingerprint density at radius 2 is 1.52 bits per heavy atom. The van der Waals surface area contributed by atoms with Gasteiger partial charge in [-0.2, -0.15) is 5.48 Å². The van der Waals surface area contributed by atoms with E-state index >= 15 is 0 Å². The van der Waals surface area contributed by atoms with Gasteiger partial charge in [-0.15, -0.1) is 0 Å². The summed E-state index contributed by atoms with van der Waals surface area (Å²) in [6.07, 6.45) is 15.6. The van der Waals surface area contributed by atoms with Gasteiger partial charge in [-0.05, 0) is 75.8 Å². The number of benzene rings is 2. The number of phenolic OH excluding ortho intramolecular Hbond substituents is 3. The van der Waals surface area contributed by atoms with E-state index in [0.717, 1.165) is 42.0 Å². The molecule has 2 aromatic rings. The Labute approximate surface area is 355 Å². The van der Waals surface area contributed by atoms with Gasteiger partial charge >= 0.3 is 17.9 Å². The van der Waals surface area contributed by atoms with Crippen LogP contribution in [0.3, 0.4) is 0 Å². The van der Waals surface area contributed by atoms with E-state index in [2.05, 4.69) is 38.8 Å². The standard InChI is InChI=1S/C23H29NO5.C21H26ClNO8/c1-16-12-21(25)14-19-13-20(24-28-15-22(26)27-4)11-9-7-5-6-8-10-17(2)29-18(3)23(16)19;1-12-6-4-3-5-7-13(23-30-11-18(27)29-2)8-14(24)9-15-19(21(28)31-12)16(25)10-17(26)20(15)22/h6,8-9,11-12,14,17,25H,3,5,7,10,13,15H2,1-2,4H3;3-4,10,12-13,23,25-26H,5-9,11H2,1-2H3/b8-6+,11-9+,24-20+;4-3+. The molecule has 0 fully saturated rings. The maximum Gasteiger partial charge on any atom is 0.346 e. The van der Waals surface area contributed by atoms with Crippen LogP contribution in [0.25, 0.3) is 5.76 Å². The van der Waals surface area contributed by atoms with Gasteiger partial charge in [0.1, 0.15) is 40.5 Å². The molecule has 2 aromatic carbocycles. The average Bonchev–Trinajstić information content (AvgIpc) is 3.18. The van der Waals surface area contributed by atoms with E-state index in [1.807, 2.05) is 38.2 Å². The van der Waals surface area contributed by atoms with Gasteiger partial charge in [0.25, 0.3) is 0 Å². The van der Waals surface area contributed by atoms with Gasteiger partial charge < -0.3 is 39.1 Å². The number of fused-ring (bicyclic) bond motifs is 2. The number of Topliss-reactive ketones (excluding diaryl/α,β-unsaturated/α-hetero) is 1. The van der Waals surface area contributed by atoms with E-state index in [1.54, 1.807) is 19.1 Å². The summed E-state index contributed by atoms with van der Waals surface area (Å²) in [4.78, 5) is 58.2. The Morgan fingerprint density at radius 1 is 0.867 bits per heavy atom. The highest BCUT2D eigenvalue weighted by Crippen LogP contribution is 2.37. The van der Waals surface area contributed by atoms with Crippen molar-refractivity contribution in [2.75, 3.05) is 27.4 Å². The summed E-state index contributed by atoms with van der Waals surface area (Å²) < 4.78 is 20.5. The highest BCUT2D eigenvalue weighted by atomic mass is 35.5. The number of oxime groups is 1. The van der Waals surface area contributed by atoms with Crippen LogP contribution in [0.4, 0.5) is 0 Å². The molecule has 0 amide bonds. The second-order valence-electron chi connectivity index (χ2n) is 14.1. The number of allylic oxidation sites excluding steroid dienone is 4. The topological polar surface area (TPSA) is 209 Å². The second-order valence-corrected chi connectivity index (χ2v) is 14.5. The fraction of sp³-hybridized carbons (Fsp3) is 0.432. The molecular weight excluding hydrogens is 800 g/mol. The molecule has 60 heavy (non-hydrogen) atoms. The molecule has 326 valence electrons. The summed E-state index contributed by atoms with van der Waals surface area (Å²) in [5, 5.41) is 34.2. The minimum Gasteiger partial charge on any atom is -0.508 e. The number of hydroxylamine groups is 1. The summed E-state index contributed by atoms with van der Waals surface area (Å²) in [5.74, 6) is -2.51. The van der Waals surface area contributed by atoms with Crippen LogP contribution >= 0.6 is 11.6 Å². The quantitative estimate of drug-likeness (QED) is 0.0952. The number of aryl methyl sites for hydroxylation is 1. The fourth-order valence-corrected chi connectivity index (χ4v) is 6.40. The smallest absolute Gasteiger partial charge is 0.346 e. The number of methoxy groups -OCH3 is 2. The normalized spacial score (nSPS) is 21.5. The molecule has 0 aromatic heterocycles. The number of carbonyl (C=O) groups excluding carboxylic acids is 4. The summed E-state index contributed by atoms with van der Waals surface area (Å²) in [7, 11) is 2.53. The third-order valence-corrected chi connectivity index (χ3v) is 9.52. The predicted octanol–water partition coefficient (Wildman–Crippen LogP) is 7.06. The molecule has 4 rings (SSSR count). The highest BCUT2D eigenvalue weighted by Gasteiger charge is 2.27. The molecule has 3 atom stereocenters. The van der Waals surface area contributed by atoms with Crippen LogP contribution in [0.15, 0.2) is 66.4 Å². The Bertz CT molecular complexity index is 1960. The van der Waals surface area contributed by atoms with Crippen molar-refractivity contribution >= 4 is 46.8 Å². The number of esters is 3. The number of hydrogen-bond donors (Lipinski definition) is 4. The minimum atomic E-state index is -0.837. The Kier molecular flexibility index (Phi) is 20.4. The van der Waals surface area contributed by atoms with Crippen molar-refractivity contribution in [2.24, 2.45) is 5.16 Å². The average molecular weight is 855 g/mol. The van der Waals surface area contributed by atoms with Gasteiger partial charge in [-0.3, -0.25) is 9.63 Å². The molecule has 0 radical (unpaired) electrons. The molecule has 4 N–H and O–H groups in total. The lowest BCUT2D eigenvalue weighted by molar-refractivity contribution is -0.150. The van der Waals surface area contributed by atoms with E-state index in [-0.39, 0.29) is 59.8 Å². The van der Waals surface area contributed by atoms with Crippen molar-refractivity contribution in [1.29, 1.82) is 0 Å². The number of nitrogens with one attached hydrogen (secondary N) is 1. The molecule has 16 heteroatoms. The van der Waals surface area contributed by atoms with E-state index in [9.17, 15) is 34.5 Å². The van der Waals surface area contributed by atoms with Gasteiger partial charge in [0.15, 0.2) is 6.61 Å². The first-order valence-corrected chi connectivity index (χ1v) is 19.8. The van der Waals surface area contributed by atoms with Crippen LogP contribution in [0.5, 0.6) is 17.2 Å². The largest absolute Gasteiger partial charge is 0.508 e. The van der Waals surface area contributed by atoms with Crippen molar-refractivity contribution in [2.45, 2.75) is 96.8 Å². The van der Waals surface area contributed by atoms with Crippen LogP contribution in [0.1, 0.15) is 91.4 Å². The first kappa shape index (κ1) is 48.7. The number of ketones is 1. The second kappa shape index (κ2) is 25.1. The van der Waals surface area contributed by atoms with Gasteiger partial charge in [0, 0.05) is 55.3 Å². The summed E-state index contributed by atoms with van der Waals surface area (Å²) in [6.45, 7) is 9.12. The third kappa shape index (κ3) is 16.2. The number of hydrogen-bond acceptors (Lipinski definition) is 15. The van der Waals surface area contributed by atoms with Crippen LogP contribution in [-0.2, 0) is 55.8 Å². The van der Waals surface area contributed by atoms with Crippen LogP contribution < -0.4 is 5.48 Å². The molecule has 0 bridgehead atoms. The zero-order valence-corrected chi connectivity index (χ0v) is 35.4. The molecule has 15 nitrogen and oxygen atoms in total. The van der Waals surface area contributed by atoms with E-state index < -0.39 is 41.6 Å². The predicted molar refractivity (Wildman–Crippen MR) is 225 cm³/mol. The molecule has 0 aliphatic carbocycles. The maximum atomic E-state index is 12.7. The number of halogens is 1. The van der Waals surface area contributed by atoms with Gasteiger partial charge in [0.2, 0.25) is 6.61 Å². The molecule has 0 saturated heterocycles. The molecule has 3 unspecified atom stereocenters. The summed E-state index contributed by atoms with van der Waals surface area (Å²) in [5.41, 5.74) is 5.56. The third-order valence-electron chi connectivity index (χ3n) is 9.10.